The van der Waals surface area contributed by atoms with Crippen LogP contribution < -0.4 is 0 Å². The van der Waals surface area contributed by atoms with Gasteiger partial charge in [0, 0.05) is 26.4 Å². The zero-order chi connectivity index (χ0) is 17.6. The average Bonchev–Trinajstić information content (AvgIpc) is 2.46. The minimum absolute atomic E-state index is 0.319. The number of nitrogens with zero attached hydrogens (tertiary/aromatic N) is 1. The minimum Gasteiger partial charge on any atom is -0.390 e. The lowest BCUT2D eigenvalue weighted by Gasteiger charge is -2.27. The molecule has 1 N–H and O–H groups in total. The van der Waals surface area contributed by atoms with Crippen LogP contribution in [-0.4, -0.2) is 49.8 Å². The van der Waals surface area contributed by atoms with Crippen LogP contribution in [0.15, 0.2) is 4.99 Å². The van der Waals surface area contributed by atoms with E-state index in [1.54, 1.807) is 0 Å². The third kappa shape index (κ3) is 14.6. The van der Waals surface area contributed by atoms with Gasteiger partial charge in [-0.25, -0.2) is 9.79 Å². The van der Waals surface area contributed by atoms with Gasteiger partial charge in [0.1, 0.15) is 0 Å². The third-order valence-electron chi connectivity index (χ3n) is 3.52. The van der Waals surface area contributed by atoms with E-state index in [1.165, 1.54) is 6.08 Å². The second-order valence-electron chi connectivity index (χ2n) is 7.09. The highest BCUT2D eigenvalue weighted by Gasteiger charge is 2.25. The molecule has 0 saturated carbocycles. The van der Waals surface area contributed by atoms with E-state index in [4.69, 9.17) is 9.47 Å². The maximum absolute atomic E-state index is 10.8. The quantitative estimate of drug-likeness (QED) is 0.284. The molecule has 0 aromatic rings. The van der Waals surface area contributed by atoms with Crippen molar-refractivity contribution in [3.8, 4) is 0 Å². The molecule has 5 nitrogen and oxygen atoms in total. The summed E-state index contributed by atoms with van der Waals surface area (Å²) >= 11 is 0. The normalized spacial score (nSPS) is 12.0. The number of rotatable bonds is 15. The molecule has 0 amide bonds. The van der Waals surface area contributed by atoms with Crippen LogP contribution in [0.4, 0.5) is 0 Å². The highest BCUT2D eigenvalue weighted by Crippen LogP contribution is 2.24. The molecule has 0 aliphatic rings. The molecule has 0 spiro atoms. The monoisotopic (exact) mass is 329 g/mol. The average molecular weight is 329 g/mol. The van der Waals surface area contributed by atoms with E-state index in [2.05, 4.69) is 32.7 Å². The fourth-order valence-corrected chi connectivity index (χ4v) is 2.33. The molecular weight excluding hydrogens is 294 g/mol. The van der Waals surface area contributed by atoms with Crippen molar-refractivity contribution in [3.63, 3.8) is 0 Å². The number of hydrogen-bond donors (Lipinski definition) is 1. The van der Waals surface area contributed by atoms with E-state index in [-0.39, 0.29) is 0 Å². The Labute approximate surface area is 141 Å². The summed E-state index contributed by atoms with van der Waals surface area (Å²) < 4.78 is 11.1. The third-order valence-corrected chi connectivity index (χ3v) is 3.52. The fraction of sp³-hybridized carbons (Fsp3) is 0.944. The Balaban J connectivity index is 4.09. The first-order chi connectivity index (χ1) is 10.9. The van der Waals surface area contributed by atoms with Gasteiger partial charge in [-0.05, 0) is 43.9 Å². The molecule has 0 heterocycles. The van der Waals surface area contributed by atoms with Crippen molar-refractivity contribution in [1.29, 1.82) is 0 Å². The number of carbonyl (C=O) groups excluding carboxylic acids is 1. The van der Waals surface area contributed by atoms with Crippen molar-refractivity contribution >= 4 is 6.08 Å². The Morgan fingerprint density at radius 3 is 1.83 bits per heavy atom. The number of aliphatic hydroxyl groups is 1. The molecule has 0 bridgehead atoms. The van der Waals surface area contributed by atoms with Crippen LogP contribution in [0.2, 0.25) is 0 Å². The maximum Gasteiger partial charge on any atom is 0.234 e. The Bertz CT molecular complexity index is 307. The van der Waals surface area contributed by atoms with Gasteiger partial charge in [-0.3, -0.25) is 0 Å². The smallest absolute Gasteiger partial charge is 0.234 e. The van der Waals surface area contributed by atoms with Crippen LogP contribution >= 0.6 is 0 Å². The van der Waals surface area contributed by atoms with Gasteiger partial charge in [0.25, 0.3) is 0 Å². The largest absolute Gasteiger partial charge is 0.390 e. The van der Waals surface area contributed by atoms with Crippen molar-refractivity contribution in [2.45, 2.75) is 65.4 Å². The first-order valence-corrected chi connectivity index (χ1v) is 8.81. The lowest BCUT2D eigenvalue weighted by Crippen LogP contribution is -2.30. The molecule has 0 saturated heterocycles. The van der Waals surface area contributed by atoms with Gasteiger partial charge in [0.05, 0.1) is 12.1 Å². The lowest BCUT2D eigenvalue weighted by atomic mass is 9.89. The number of ether oxygens (including phenoxy) is 2. The fourth-order valence-electron chi connectivity index (χ4n) is 2.33. The van der Waals surface area contributed by atoms with Crippen molar-refractivity contribution < 1.29 is 19.4 Å². The summed E-state index contributed by atoms with van der Waals surface area (Å²) in [6.45, 7) is 11.6. The maximum atomic E-state index is 10.8. The highest BCUT2D eigenvalue weighted by molar-refractivity contribution is 5.32. The van der Waals surface area contributed by atoms with E-state index in [1.807, 2.05) is 0 Å². The predicted molar refractivity (Wildman–Crippen MR) is 92.3 cm³/mol. The molecule has 0 aromatic heterocycles. The number of hydrogen-bond acceptors (Lipinski definition) is 5. The van der Waals surface area contributed by atoms with Crippen LogP contribution in [0.1, 0.15) is 59.8 Å². The van der Waals surface area contributed by atoms with Crippen LogP contribution in [0.5, 0.6) is 0 Å². The van der Waals surface area contributed by atoms with Gasteiger partial charge in [0.2, 0.25) is 6.08 Å². The summed E-state index contributed by atoms with van der Waals surface area (Å²) in [6.07, 6.45) is 4.94. The summed E-state index contributed by atoms with van der Waals surface area (Å²) in [4.78, 5) is 13.8. The van der Waals surface area contributed by atoms with E-state index >= 15 is 0 Å². The number of isocyanates is 1. The van der Waals surface area contributed by atoms with E-state index in [0.717, 1.165) is 26.1 Å². The molecule has 0 fully saturated rings. The predicted octanol–water partition coefficient (Wildman–Crippen LogP) is 3.35. The lowest BCUT2D eigenvalue weighted by molar-refractivity contribution is -0.00501. The molecule has 23 heavy (non-hydrogen) atoms. The molecule has 0 atom stereocenters. The Morgan fingerprint density at radius 2 is 1.43 bits per heavy atom. The summed E-state index contributed by atoms with van der Waals surface area (Å²) in [5, 5.41) is 10.8. The van der Waals surface area contributed by atoms with E-state index in [9.17, 15) is 9.90 Å². The summed E-state index contributed by atoms with van der Waals surface area (Å²) in [6, 6.07) is 0. The molecule has 136 valence electrons. The van der Waals surface area contributed by atoms with Gasteiger partial charge in [0.15, 0.2) is 0 Å². The van der Waals surface area contributed by atoms with Crippen LogP contribution in [0.25, 0.3) is 0 Å². The van der Waals surface area contributed by atoms with Crippen LogP contribution in [0.3, 0.4) is 0 Å². The van der Waals surface area contributed by atoms with Gasteiger partial charge < -0.3 is 14.6 Å². The second kappa shape index (κ2) is 13.7. The minimum atomic E-state index is -0.803. The Hall–Kier alpha value is -0.740. The second-order valence-corrected chi connectivity index (χ2v) is 7.09. The molecule has 0 aliphatic carbocycles. The van der Waals surface area contributed by atoms with E-state index < -0.39 is 5.60 Å². The summed E-state index contributed by atoms with van der Waals surface area (Å²) in [5.41, 5.74) is -0.803. The molecule has 0 aliphatic heterocycles. The molecule has 5 heteroatoms. The standard InChI is InChI=1S/C18H35NO4/c1-16(2)13-22-11-5-7-18(21,9-10-19-15-20)8-6-12-23-14-17(3)4/h16-17,21H,5-14H2,1-4H3. The van der Waals surface area contributed by atoms with Crippen molar-refractivity contribution in [1.82, 2.24) is 0 Å². The van der Waals surface area contributed by atoms with Gasteiger partial charge >= 0.3 is 0 Å². The van der Waals surface area contributed by atoms with Crippen LogP contribution in [0, 0.1) is 11.8 Å². The molecule has 0 rings (SSSR count). The molecule has 0 aromatic carbocycles. The highest BCUT2D eigenvalue weighted by atomic mass is 16.5. The first kappa shape index (κ1) is 22.3. The molecular formula is C18H35NO4. The zero-order valence-corrected chi connectivity index (χ0v) is 15.3. The van der Waals surface area contributed by atoms with Gasteiger partial charge in [-0.15, -0.1) is 0 Å². The summed E-state index contributed by atoms with van der Waals surface area (Å²) in [7, 11) is 0. The van der Waals surface area contributed by atoms with E-state index in [0.29, 0.717) is 50.9 Å². The van der Waals surface area contributed by atoms with Crippen molar-refractivity contribution in [2.24, 2.45) is 16.8 Å². The summed E-state index contributed by atoms with van der Waals surface area (Å²) in [5.74, 6) is 1.04. The SMILES string of the molecule is CC(C)COCCCC(O)(CCCOCC(C)C)CCN=C=O. The van der Waals surface area contributed by atoms with Gasteiger partial charge in [-0.1, -0.05) is 27.7 Å². The molecule has 0 unspecified atom stereocenters. The number of aliphatic imine (C=N–C) groups is 1. The topological polar surface area (TPSA) is 68.1 Å². The molecule has 0 radical (unpaired) electrons. The van der Waals surface area contributed by atoms with Crippen molar-refractivity contribution in [3.05, 3.63) is 0 Å². The Morgan fingerprint density at radius 1 is 0.957 bits per heavy atom. The van der Waals surface area contributed by atoms with Crippen LogP contribution in [-0.2, 0) is 14.3 Å². The zero-order valence-electron chi connectivity index (χ0n) is 15.3. The van der Waals surface area contributed by atoms with Crippen molar-refractivity contribution in [2.75, 3.05) is 33.0 Å². The Kier molecular flexibility index (Phi) is 13.2. The first-order valence-electron chi connectivity index (χ1n) is 8.81. The van der Waals surface area contributed by atoms with Gasteiger partial charge in [-0.2, -0.15) is 0 Å².